The topological polar surface area (TPSA) is 163 Å². The van der Waals surface area contributed by atoms with Crippen LogP contribution in [0.15, 0.2) is 12.7 Å². The second kappa shape index (κ2) is 7.49. The molecule has 1 aliphatic rings. The van der Waals surface area contributed by atoms with Crippen molar-refractivity contribution >= 4 is 42.3 Å². The number of rotatable bonds is 6. The Morgan fingerprint density at radius 2 is 2.27 bits per heavy atom. The number of hydrogen-bond donors (Lipinski definition) is 3. The molecule has 142 valence electrons. The second-order valence-corrected chi connectivity index (χ2v) is 8.85. The van der Waals surface area contributed by atoms with Crippen molar-refractivity contribution in [2.75, 3.05) is 18.6 Å². The Kier molecular flexibility index (Phi) is 5.49. The van der Waals surface area contributed by atoms with Gasteiger partial charge in [-0.05, 0) is 12.8 Å². The lowest BCUT2D eigenvalue weighted by Crippen LogP contribution is -2.22. The van der Waals surface area contributed by atoms with Crippen molar-refractivity contribution < 1.29 is 28.6 Å². The molecule has 0 bridgehead atoms. The highest BCUT2D eigenvalue weighted by Crippen LogP contribution is 2.48. The number of fused-ring (bicyclic) bond motifs is 1. The lowest BCUT2D eigenvalue weighted by atomic mass is 10.2. The van der Waals surface area contributed by atoms with Gasteiger partial charge in [-0.25, -0.2) is 15.0 Å². The SMILES string of the molecule is COC(=O)C(SCC1CCC(n2cnc3c(N)ncnc32)O1)P(=O)(O)O. The fourth-order valence-electron chi connectivity index (χ4n) is 2.70. The molecule has 2 aromatic heterocycles. The van der Waals surface area contributed by atoms with E-state index < -0.39 is 18.6 Å². The van der Waals surface area contributed by atoms with Crippen molar-refractivity contribution in [1.29, 1.82) is 0 Å². The van der Waals surface area contributed by atoms with Crippen molar-refractivity contribution in [2.24, 2.45) is 0 Å². The zero-order valence-electron chi connectivity index (χ0n) is 13.8. The van der Waals surface area contributed by atoms with Crippen LogP contribution in [0.1, 0.15) is 19.1 Å². The summed E-state index contributed by atoms with van der Waals surface area (Å²) in [6.45, 7) is 0. The Bertz CT molecular complexity index is 857. The minimum absolute atomic E-state index is 0.241. The van der Waals surface area contributed by atoms with E-state index in [1.165, 1.54) is 6.33 Å². The second-order valence-electron chi connectivity index (χ2n) is 5.67. The molecular weight excluding hydrogens is 385 g/mol. The van der Waals surface area contributed by atoms with Crippen LogP contribution in [-0.2, 0) is 18.8 Å². The first kappa shape index (κ1) is 19.1. The van der Waals surface area contributed by atoms with Crippen LogP contribution < -0.4 is 5.73 Å². The molecule has 3 rings (SSSR count). The van der Waals surface area contributed by atoms with E-state index in [4.69, 9.17) is 10.5 Å². The molecule has 2 aromatic rings. The minimum atomic E-state index is -4.62. The van der Waals surface area contributed by atoms with Gasteiger partial charge >= 0.3 is 13.6 Å². The number of ether oxygens (including phenoxy) is 2. The normalized spacial score (nSPS) is 21.8. The molecule has 1 fully saturated rings. The van der Waals surface area contributed by atoms with Gasteiger partial charge < -0.3 is 25.0 Å². The van der Waals surface area contributed by atoms with E-state index >= 15 is 0 Å². The van der Waals surface area contributed by atoms with Crippen molar-refractivity contribution in [3.63, 3.8) is 0 Å². The van der Waals surface area contributed by atoms with Crippen LogP contribution in [0.5, 0.6) is 0 Å². The van der Waals surface area contributed by atoms with E-state index in [9.17, 15) is 19.1 Å². The summed E-state index contributed by atoms with van der Waals surface area (Å²) in [5.74, 6) is -0.433. The van der Waals surface area contributed by atoms with Gasteiger partial charge in [-0.2, -0.15) is 0 Å². The van der Waals surface area contributed by atoms with Gasteiger partial charge in [-0.1, -0.05) is 0 Å². The van der Waals surface area contributed by atoms with Crippen LogP contribution in [0.4, 0.5) is 5.82 Å². The fraction of sp³-hybridized carbons (Fsp3) is 0.538. The Morgan fingerprint density at radius 3 is 2.96 bits per heavy atom. The third-order valence-corrected chi connectivity index (χ3v) is 7.10. The van der Waals surface area contributed by atoms with E-state index in [2.05, 4.69) is 19.7 Å². The van der Waals surface area contributed by atoms with Crippen molar-refractivity contribution in [3.8, 4) is 0 Å². The van der Waals surface area contributed by atoms with E-state index in [-0.39, 0.29) is 23.9 Å². The summed E-state index contributed by atoms with van der Waals surface area (Å²) in [6, 6.07) is 0. The van der Waals surface area contributed by atoms with E-state index in [0.29, 0.717) is 24.0 Å². The van der Waals surface area contributed by atoms with Crippen molar-refractivity contribution in [3.05, 3.63) is 12.7 Å². The largest absolute Gasteiger partial charge is 0.468 e. The summed E-state index contributed by atoms with van der Waals surface area (Å²) in [5, 5.41) is 0. The van der Waals surface area contributed by atoms with Gasteiger partial charge in [0.2, 0.25) is 4.99 Å². The maximum Gasteiger partial charge on any atom is 0.349 e. The van der Waals surface area contributed by atoms with E-state index in [1.807, 2.05) is 0 Å². The lowest BCUT2D eigenvalue weighted by Gasteiger charge is -2.18. The van der Waals surface area contributed by atoms with Crippen LogP contribution in [-0.4, -0.2) is 59.2 Å². The monoisotopic (exact) mass is 403 g/mol. The average Bonchev–Trinajstić information content (AvgIpc) is 3.20. The number of carbonyl (C=O) groups is 1. The number of imidazole rings is 1. The molecule has 0 saturated carbocycles. The predicted octanol–water partition coefficient (Wildman–Crippen LogP) is 0.496. The molecule has 0 aliphatic carbocycles. The first-order valence-corrected chi connectivity index (χ1v) is 10.4. The van der Waals surface area contributed by atoms with E-state index in [0.717, 1.165) is 18.9 Å². The quantitative estimate of drug-likeness (QED) is 0.454. The zero-order chi connectivity index (χ0) is 18.9. The zero-order valence-corrected chi connectivity index (χ0v) is 15.5. The Balaban J connectivity index is 1.66. The number of thioether (sulfide) groups is 1. The fourth-order valence-corrected chi connectivity index (χ4v) is 4.99. The number of methoxy groups -OCH3 is 1. The Labute approximate surface area is 152 Å². The number of carbonyl (C=O) groups excluding carboxylic acids is 1. The lowest BCUT2D eigenvalue weighted by molar-refractivity contribution is -0.138. The number of nitrogens with zero attached hydrogens (tertiary/aromatic N) is 4. The van der Waals surface area contributed by atoms with Crippen LogP contribution in [0.2, 0.25) is 0 Å². The summed E-state index contributed by atoms with van der Waals surface area (Å²) in [4.78, 5) is 40.9. The molecule has 1 saturated heterocycles. The Morgan fingerprint density at radius 1 is 1.50 bits per heavy atom. The average molecular weight is 403 g/mol. The molecule has 26 heavy (non-hydrogen) atoms. The highest BCUT2D eigenvalue weighted by molar-refractivity contribution is 8.06. The summed E-state index contributed by atoms with van der Waals surface area (Å²) >= 11 is 0.831. The number of anilines is 1. The van der Waals surface area contributed by atoms with Gasteiger partial charge in [0.15, 0.2) is 11.5 Å². The Hall–Kier alpha value is -1.72. The first-order valence-electron chi connectivity index (χ1n) is 7.64. The molecule has 0 radical (unpaired) electrons. The number of nitrogens with two attached hydrogens (primary N) is 1. The summed E-state index contributed by atoms with van der Waals surface area (Å²) in [7, 11) is -3.53. The smallest absolute Gasteiger partial charge is 0.349 e. The van der Waals surface area contributed by atoms with Crippen LogP contribution >= 0.6 is 19.4 Å². The number of aromatic nitrogens is 4. The molecule has 13 heteroatoms. The van der Waals surface area contributed by atoms with Gasteiger partial charge in [-0.15, -0.1) is 11.8 Å². The van der Waals surface area contributed by atoms with Crippen LogP contribution in [0.3, 0.4) is 0 Å². The van der Waals surface area contributed by atoms with Crippen LogP contribution in [0, 0.1) is 0 Å². The third kappa shape index (κ3) is 3.84. The highest BCUT2D eigenvalue weighted by Gasteiger charge is 2.39. The van der Waals surface area contributed by atoms with Crippen molar-refractivity contribution in [1.82, 2.24) is 19.5 Å². The molecule has 4 N–H and O–H groups in total. The maximum atomic E-state index is 11.6. The number of hydrogen-bond acceptors (Lipinski definition) is 9. The van der Waals surface area contributed by atoms with Gasteiger partial charge in [-0.3, -0.25) is 13.9 Å². The molecule has 0 amide bonds. The highest BCUT2D eigenvalue weighted by atomic mass is 32.2. The molecule has 1 aliphatic heterocycles. The van der Waals surface area contributed by atoms with E-state index in [1.54, 1.807) is 10.9 Å². The van der Waals surface area contributed by atoms with Gasteiger partial charge in [0.05, 0.1) is 19.5 Å². The molecular formula is C13H18N5O6PS. The van der Waals surface area contributed by atoms with Crippen LogP contribution in [0.25, 0.3) is 11.2 Å². The maximum absolute atomic E-state index is 11.6. The predicted molar refractivity (Wildman–Crippen MR) is 93.2 cm³/mol. The third-order valence-electron chi connectivity index (χ3n) is 3.93. The van der Waals surface area contributed by atoms with Gasteiger partial charge in [0, 0.05) is 5.75 Å². The number of nitrogen functional groups attached to an aromatic ring is 1. The molecule has 0 spiro atoms. The summed E-state index contributed by atoms with van der Waals surface area (Å²) in [5.41, 5.74) is 6.81. The number of esters is 1. The summed E-state index contributed by atoms with van der Waals surface area (Å²) in [6.07, 6.45) is 3.64. The molecule has 3 heterocycles. The molecule has 3 atom stereocenters. The van der Waals surface area contributed by atoms with Crippen molar-refractivity contribution in [2.45, 2.75) is 30.2 Å². The summed E-state index contributed by atoms with van der Waals surface area (Å²) < 4.78 is 23.6. The van der Waals surface area contributed by atoms with Gasteiger partial charge in [0.25, 0.3) is 0 Å². The molecule has 0 aromatic carbocycles. The molecule has 11 nitrogen and oxygen atoms in total. The first-order chi connectivity index (χ1) is 12.3. The minimum Gasteiger partial charge on any atom is -0.468 e. The van der Waals surface area contributed by atoms with Gasteiger partial charge in [0.1, 0.15) is 18.1 Å². The standard InChI is InChI=1S/C13H18N5O6PS/c1-23-12(19)13(25(20,21)22)26-4-7-2-3-8(24-7)18-6-17-9-10(14)15-5-16-11(9)18/h5-8,13H,2-4H2,1H3,(H2,14,15,16)(H2,20,21,22). The molecule has 3 unspecified atom stereocenters.